The predicted molar refractivity (Wildman–Crippen MR) is 92.7 cm³/mol. The van der Waals surface area contributed by atoms with E-state index in [0.717, 1.165) is 19.4 Å². The van der Waals surface area contributed by atoms with E-state index in [2.05, 4.69) is 71.7 Å². The third-order valence-electron chi connectivity index (χ3n) is 3.65. The Bertz CT molecular complexity index is 562. The molecule has 0 spiro atoms. The van der Waals surface area contributed by atoms with Crippen molar-refractivity contribution in [3.8, 4) is 0 Å². The third-order valence-corrected chi connectivity index (χ3v) is 5.18. The fourth-order valence-corrected chi connectivity index (χ4v) is 3.81. The second-order valence-corrected chi connectivity index (χ2v) is 7.20. The van der Waals surface area contributed by atoms with Gasteiger partial charge in [-0.1, -0.05) is 39.0 Å². The highest BCUT2D eigenvalue weighted by atomic mass is 79.9. The lowest BCUT2D eigenvalue weighted by atomic mass is 9.94. The van der Waals surface area contributed by atoms with Crippen LogP contribution in [0, 0.1) is 0 Å². The van der Waals surface area contributed by atoms with Gasteiger partial charge in [-0.3, -0.25) is 0 Å². The van der Waals surface area contributed by atoms with Crippen molar-refractivity contribution >= 4 is 27.3 Å². The Morgan fingerprint density at radius 2 is 1.80 bits per heavy atom. The molecule has 0 aliphatic carbocycles. The molecule has 0 aliphatic rings. The molecule has 1 heterocycles. The zero-order valence-electron chi connectivity index (χ0n) is 12.4. The summed E-state index contributed by atoms with van der Waals surface area (Å²) in [5, 5.41) is 5.84. The summed E-state index contributed by atoms with van der Waals surface area (Å²) in [6.07, 6.45) is 2.21. The summed E-state index contributed by atoms with van der Waals surface area (Å²) < 4.78 is 1.19. The molecule has 0 saturated heterocycles. The highest BCUT2D eigenvalue weighted by Gasteiger charge is 2.15. The van der Waals surface area contributed by atoms with Gasteiger partial charge in [0.25, 0.3) is 0 Å². The van der Waals surface area contributed by atoms with E-state index in [9.17, 15) is 0 Å². The summed E-state index contributed by atoms with van der Waals surface area (Å²) in [5.74, 6) is 0. The van der Waals surface area contributed by atoms with Crippen molar-refractivity contribution in [2.75, 3.05) is 6.54 Å². The molecule has 1 aromatic carbocycles. The van der Waals surface area contributed by atoms with Crippen molar-refractivity contribution in [2.45, 2.75) is 39.7 Å². The predicted octanol–water partition coefficient (Wildman–Crippen LogP) is 5.33. The minimum atomic E-state index is 0.291. The van der Waals surface area contributed by atoms with Gasteiger partial charge in [-0.05, 0) is 69.0 Å². The van der Waals surface area contributed by atoms with Crippen LogP contribution in [-0.2, 0) is 12.8 Å². The minimum absolute atomic E-state index is 0.291. The molecule has 108 valence electrons. The smallest absolute Gasteiger partial charge is 0.0701 e. The molecule has 20 heavy (non-hydrogen) atoms. The SMILES string of the molecule is CCNC(c1csc(Br)c1)c1ccc(CC)c(CC)c1. The number of hydrogen-bond donors (Lipinski definition) is 1. The molecule has 0 radical (unpaired) electrons. The Labute approximate surface area is 134 Å². The van der Waals surface area contributed by atoms with Crippen molar-refractivity contribution in [3.63, 3.8) is 0 Å². The summed E-state index contributed by atoms with van der Waals surface area (Å²) in [5.41, 5.74) is 5.65. The Balaban J connectivity index is 2.39. The van der Waals surface area contributed by atoms with Gasteiger partial charge < -0.3 is 5.32 Å². The van der Waals surface area contributed by atoms with Crippen LogP contribution in [0.25, 0.3) is 0 Å². The van der Waals surface area contributed by atoms with Crippen LogP contribution in [0.3, 0.4) is 0 Å². The maximum absolute atomic E-state index is 3.60. The van der Waals surface area contributed by atoms with E-state index in [-0.39, 0.29) is 0 Å². The molecule has 3 heteroatoms. The van der Waals surface area contributed by atoms with Crippen molar-refractivity contribution < 1.29 is 0 Å². The summed E-state index contributed by atoms with van der Waals surface area (Å²) in [7, 11) is 0. The molecule has 2 rings (SSSR count). The summed E-state index contributed by atoms with van der Waals surface area (Å²) in [6.45, 7) is 7.60. The lowest BCUT2D eigenvalue weighted by Gasteiger charge is -2.19. The molecule has 1 unspecified atom stereocenters. The first-order valence-electron chi connectivity index (χ1n) is 7.28. The molecule has 0 amide bonds. The lowest BCUT2D eigenvalue weighted by Crippen LogP contribution is -2.21. The van der Waals surface area contributed by atoms with Crippen molar-refractivity contribution in [1.29, 1.82) is 0 Å². The second kappa shape index (κ2) is 7.39. The van der Waals surface area contributed by atoms with Crippen LogP contribution in [0.15, 0.2) is 33.4 Å². The Kier molecular flexibility index (Phi) is 5.82. The first-order valence-corrected chi connectivity index (χ1v) is 8.95. The van der Waals surface area contributed by atoms with Gasteiger partial charge in [0.15, 0.2) is 0 Å². The number of benzene rings is 1. The van der Waals surface area contributed by atoms with Gasteiger partial charge >= 0.3 is 0 Å². The van der Waals surface area contributed by atoms with Gasteiger partial charge in [0, 0.05) is 0 Å². The molecular weight excluding hydrogens is 330 g/mol. The number of thiophene rings is 1. The average Bonchev–Trinajstić information content (AvgIpc) is 2.90. The first kappa shape index (κ1) is 15.7. The molecule has 0 bridgehead atoms. The Morgan fingerprint density at radius 3 is 2.35 bits per heavy atom. The van der Waals surface area contributed by atoms with E-state index in [4.69, 9.17) is 0 Å². The van der Waals surface area contributed by atoms with Gasteiger partial charge in [0.2, 0.25) is 0 Å². The summed E-state index contributed by atoms with van der Waals surface area (Å²) in [6, 6.07) is 9.45. The third kappa shape index (κ3) is 3.51. The molecule has 1 nitrogen and oxygen atoms in total. The number of aryl methyl sites for hydroxylation is 2. The normalized spacial score (nSPS) is 12.6. The number of rotatable bonds is 6. The van der Waals surface area contributed by atoms with Crippen molar-refractivity contribution in [2.24, 2.45) is 0 Å². The number of nitrogens with one attached hydrogen (secondary N) is 1. The topological polar surface area (TPSA) is 12.0 Å². The monoisotopic (exact) mass is 351 g/mol. The standard InChI is InChI=1S/C17H22BrNS/c1-4-12-7-8-14(9-13(12)5-2)17(19-6-3)15-10-16(18)20-11-15/h7-11,17,19H,4-6H2,1-3H3. The zero-order chi connectivity index (χ0) is 14.5. The Morgan fingerprint density at radius 1 is 1.05 bits per heavy atom. The van der Waals surface area contributed by atoms with E-state index in [0.29, 0.717) is 6.04 Å². The van der Waals surface area contributed by atoms with Crippen LogP contribution < -0.4 is 5.32 Å². The molecule has 0 fully saturated rings. The number of hydrogen-bond acceptors (Lipinski definition) is 2. The average molecular weight is 352 g/mol. The van der Waals surface area contributed by atoms with Crippen LogP contribution in [0.1, 0.15) is 49.1 Å². The van der Waals surface area contributed by atoms with Crippen LogP contribution >= 0.6 is 27.3 Å². The Hall–Kier alpha value is -0.640. The highest BCUT2D eigenvalue weighted by molar-refractivity contribution is 9.11. The van der Waals surface area contributed by atoms with Gasteiger partial charge in [-0.2, -0.15) is 0 Å². The van der Waals surface area contributed by atoms with E-state index in [1.54, 1.807) is 11.3 Å². The van der Waals surface area contributed by atoms with Gasteiger partial charge in [-0.15, -0.1) is 11.3 Å². The molecule has 2 aromatic rings. The zero-order valence-corrected chi connectivity index (χ0v) is 14.8. The lowest BCUT2D eigenvalue weighted by molar-refractivity contribution is 0.631. The van der Waals surface area contributed by atoms with Gasteiger partial charge in [-0.25, -0.2) is 0 Å². The maximum atomic E-state index is 3.60. The number of halogens is 1. The quantitative estimate of drug-likeness (QED) is 0.740. The molecular formula is C17H22BrNS. The van der Waals surface area contributed by atoms with Crippen LogP contribution in [0.5, 0.6) is 0 Å². The van der Waals surface area contributed by atoms with Crippen LogP contribution in [0.2, 0.25) is 0 Å². The highest BCUT2D eigenvalue weighted by Crippen LogP contribution is 2.30. The van der Waals surface area contributed by atoms with Gasteiger partial charge in [0.05, 0.1) is 9.83 Å². The van der Waals surface area contributed by atoms with Crippen LogP contribution in [-0.4, -0.2) is 6.54 Å². The van der Waals surface area contributed by atoms with Crippen molar-refractivity contribution in [1.82, 2.24) is 5.32 Å². The maximum Gasteiger partial charge on any atom is 0.0701 e. The summed E-state index contributed by atoms with van der Waals surface area (Å²) >= 11 is 5.31. The van der Waals surface area contributed by atoms with E-state index >= 15 is 0 Å². The fraction of sp³-hybridized carbons (Fsp3) is 0.412. The summed E-state index contributed by atoms with van der Waals surface area (Å²) in [4.78, 5) is 0. The molecule has 1 N–H and O–H groups in total. The van der Waals surface area contributed by atoms with E-state index in [1.807, 2.05) is 0 Å². The molecule has 0 saturated carbocycles. The largest absolute Gasteiger partial charge is 0.307 e. The van der Waals surface area contributed by atoms with Crippen molar-refractivity contribution in [3.05, 3.63) is 55.7 Å². The van der Waals surface area contributed by atoms with Crippen LogP contribution in [0.4, 0.5) is 0 Å². The fourth-order valence-electron chi connectivity index (χ4n) is 2.61. The minimum Gasteiger partial charge on any atom is -0.307 e. The first-order chi connectivity index (χ1) is 9.69. The van der Waals surface area contributed by atoms with Gasteiger partial charge in [0.1, 0.15) is 0 Å². The van der Waals surface area contributed by atoms with E-state index < -0.39 is 0 Å². The van der Waals surface area contributed by atoms with E-state index in [1.165, 1.54) is 26.0 Å². The molecule has 1 atom stereocenters. The second-order valence-electron chi connectivity index (χ2n) is 4.91. The molecule has 0 aliphatic heterocycles. The molecule has 1 aromatic heterocycles.